The number of aromatic nitrogens is 1. The minimum Gasteiger partial charge on any atom is -0.361 e. The van der Waals surface area contributed by atoms with Gasteiger partial charge < -0.3 is 10.3 Å². The zero-order valence-corrected chi connectivity index (χ0v) is 13.2. The largest absolute Gasteiger partial charge is 0.446 e. The molecule has 2 aromatic carbocycles. The first-order valence-corrected chi connectivity index (χ1v) is 7.93. The van der Waals surface area contributed by atoms with Crippen molar-refractivity contribution in [3.05, 3.63) is 60.3 Å². The molecule has 7 heteroatoms. The van der Waals surface area contributed by atoms with Gasteiger partial charge in [-0.2, -0.15) is 13.2 Å². The van der Waals surface area contributed by atoms with E-state index in [0.29, 0.717) is 0 Å². The van der Waals surface area contributed by atoms with Crippen LogP contribution >= 0.6 is 11.8 Å². The summed E-state index contributed by atoms with van der Waals surface area (Å²) in [5, 5.41) is 3.48. The van der Waals surface area contributed by atoms with Crippen molar-refractivity contribution in [3.8, 4) is 0 Å². The first-order valence-electron chi connectivity index (χ1n) is 7.12. The number of amides is 1. The standard InChI is InChI=1S/C17H13F3N2OS/c18-17(19,20)24-15-8-4-3-7-14(15)22-16(23)9-11-10-21-13-6-2-1-5-12(11)13/h1-8,10,21H,9H2,(H,22,23). The van der Waals surface area contributed by atoms with Crippen LogP contribution in [0.1, 0.15) is 5.56 Å². The molecule has 0 unspecified atom stereocenters. The molecule has 3 nitrogen and oxygen atoms in total. The monoisotopic (exact) mass is 350 g/mol. The molecule has 124 valence electrons. The average molecular weight is 350 g/mol. The topological polar surface area (TPSA) is 44.9 Å². The van der Waals surface area contributed by atoms with Crippen molar-refractivity contribution >= 4 is 34.3 Å². The minimum absolute atomic E-state index is 0.0303. The maximum Gasteiger partial charge on any atom is 0.446 e. The second kappa shape index (κ2) is 6.60. The smallest absolute Gasteiger partial charge is 0.361 e. The maximum atomic E-state index is 12.6. The second-order valence-corrected chi connectivity index (χ2v) is 6.24. The van der Waals surface area contributed by atoms with E-state index in [-0.39, 0.29) is 34.7 Å². The molecule has 0 aliphatic rings. The number of carbonyl (C=O) groups excluding carboxylic acids is 1. The van der Waals surface area contributed by atoms with E-state index in [1.807, 2.05) is 24.3 Å². The summed E-state index contributed by atoms with van der Waals surface area (Å²) in [6.07, 6.45) is 1.82. The number of rotatable bonds is 4. The number of benzene rings is 2. The van der Waals surface area contributed by atoms with Gasteiger partial charge in [-0.3, -0.25) is 4.79 Å². The molecule has 1 heterocycles. The van der Waals surface area contributed by atoms with Gasteiger partial charge in [0.1, 0.15) is 0 Å². The van der Waals surface area contributed by atoms with E-state index in [1.54, 1.807) is 12.3 Å². The third-order valence-corrected chi connectivity index (χ3v) is 4.22. The molecule has 1 amide bonds. The predicted octanol–water partition coefficient (Wildman–Crippen LogP) is 4.96. The summed E-state index contributed by atoms with van der Waals surface area (Å²) in [5.41, 5.74) is -2.54. The molecular formula is C17H13F3N2OS. The van der Waals surface area contributed by atoms with Crippen LogP contribution in [-0.2, 0) is 11.2 Å². The van der Waals surface area contributed by atoms with Crippen LogP contribution in [0, 0.1) is 0 Å². The van der Waals surface area contributed by atoms with E-state index in [4.69, 9.17) is 0 Å². The summed E-state index contributed by atoms with van der Waals surface area (Å²) in [7, 11) is 0. The Kier molecular flexibility index (Phi) is 4.53. The van der Waals surface area contributed by atoms with Gasteiger partial charge in [0.2, 0.25) is 5.91 Å². The number of aromatic amines is 1. The summed E-state index contributed by atoms with van der Waals surface area (Å²) in [6, 6.07) is 13.4. The summed E-state index contributed by atoms with van der Waals surface area (Å²) < 4.78 is 37.8. The van der Waals surface area contributed by atoms with Crippen LogP contribution < -0.4 is 5.32 Å². The zero-order chi connectivity index (χ0) is 17.2. The quantitative estimate of drug-likeness (QED) is 0.653. The van der Waals surface area contributed by atoms with Crippen molar-refractivity contribution in [1.29, 1.82) is 0 Å². The normalized spacial score (nSPS) is 11.6. The van der Waals surface area contributed by atoms with Crippen LogP contribution in [0.4, 0.5) is 18.9 Å². The number of hydrogen-bond acceptors (Lipinski definition) is 2. The molecule has 0 radical (unpaired) electrons. The van der Waals surface area contributed by atoms with Crippen molar-refractivity contribution < 1.29 is 18.0 Å². The SMILES string of the molecule is O=C(Cc1c[nH]c2ccccc12)Nc1ccccc1SC(F)(F)F. The molecule has 0 saturated heterocycles. The third kappa shape index (κ3) is 3.91. The van der Waals surface area contributed by atoms with E-state index in [1.165, 1.54) is 18.2 Å². The number of nitrogens with one attached hydrogen (secondary N) is 2. The summed E-state index contributed by atoms with van der Waals surface area (Å²) in [5.74, 6) is -0.366. The van der Waals surface area contributed by atoms with Crippen LogP contribution in [0.2, 0.25) is 0 Å². The highest BCUT2D eigenvalue weighted by molar-refractivity contribution is 8.00. The Balaban J connectivity index is 1.76. The molecule has 0 spiro atoms. The summed E-state index contributed by atoms with van der Waals surface area (Å²) in [4.78, 5) is 15.3. The third-order valence-electron chi connectivity index (χ3n) is 3.41. The van der Waals surface area contributed by atoms with Gasteiger partial charge in [-0.15, -0.1) is 0 Å². The van der Waals surface area contributed by atoms with E-state index in [9.17, 15) is 18.0 Å². The zero-order valence-electron chi connectivity index (χ0n) is 12.4. The number of hydrogen-bond donors (Lipinski definition) is 2. The van der Waals surface area contributed by atoms with Crippen LogP contribution in [0.5, 0.6) is 0 Å². The molecular weight excluding hydrogens is 337 g/mol. The van der Waals surface area contributed by atoms with Crippen molar-refractivity contribution in [2.75, 3.05) is 5.32 Å². The fourth-order valence-electron chi connectivity index (χ4n) is 2.43. The van der Waals surface area contributed by atoms with Crippen LogP contribution in [0.25, 0.3) is 10.9 Å². The fraction of sp³-hybridized carbons (Fsp3) is 0.118. The van der Waals surface area contributed by atoms with Gasteiger partial charge in [0, 0.05) is 22.0 Å². The summed E-state index contributed by atoms with van der Waals surface area (Å²) >= 11 is -0.241. The van der Waals surface area contributed by atoms with Gasteiger partial charge in [-0.05, 0) is 35.5 Å². The molecule has 24 heavy (non-hydrogen) atoms. The molecule has 0 bridgehead atoms. The number of carbonyl (C=O) groups is 1. The average Bonchev–Trinajstić information content (AvgIpc) is 2.91. The lowest BCUT2D eigenvalue weighted by molar-refractivity contribution is -0.115. The highest BCUT2D eigenvalue weighted by Gasteiger charge is 2.30. The van der Waals surface area contributed by atoms with Crippen molar-refractivity contribution in [2.45, 2.75) is 16.8 Å². The van der Waals surface area contributed by atoms with Gasteiger partial charge in [0.15, 0.2) is 0 Å². The molecule has 1 aromatic heterocycles. The lowest BCUT2D eigenvalue weighted by atomic mass is 10.1. The molecule has 0 aliphatic carbocycles. The Labute approximate surface area is 140 Å². The molecule has 3 aromatic rings. The van der Waals surface area contributed by atoms with Gasteiger partial charge in [-0.1, -0.05) is 30.3 Å². The number of para-hydroxylation sites is 2. The van der Waals surface area contributed by atoms with E-state index < -0.39 is 5.51 Å². The number of fused-ring (bicyclic) bond motifs is 1. The summed E-state index contributed by atoms with van der Waals surface area (Å²) in [6.45, 7) is 0. The highest BCUT2D eigenvalue weighted by atomic mass is 32.2. The van der Waals surface area contributed by atoms with Gasteiger partial charge in [0.05, 0.1) is 12.1 Å². The van der Waals surface area contributed by atoms with Crippen LogP contribution in [-0.4, -0.2) is 16.4 Å². The minimum atomic E-state index is -4.41. The van der Waals surface area contributed by atoms with Crippen LogP contribution in [0.15, 0.2) is 59.6 Å². The van der Waals surface area contributed by atoms with E-state index in [2.05, 4.69) is 10.3 Å². The molecule has 2 N–H and O–H groups in total. The number of thioether (sulfide) groups is 1. The lowest BCUT2D eigenvalue weighted by Crippen LogP contribution is -2.15. The number of alkyl halides is 3. The number of halogens is 3. The van der Waals surface area contributed by atoms with E-state index >= 15 is 0 Å². The molecule has 0 fully saturated rings. The van der Waals surface area contributed by atoms with Crippen molar-refractivity contribution in [3.63, 3.8) is 0 Å². The Morgan fingerprint density at radius 3 is 2.58 bits per heavy atom. The maximum absolute atomic E-state index is 12.6. The van der Waals surface area contributed by atoms with Crippen molar-refractivity contribution in [2.24, 2.45) is 0 Å². The Morgan fingerprint density at radius 2 is 1.79 bits per heavy atom. The lowest BCUT2D eigenvalue weighted by Gasteiger charge is -2.12. The Hall–Kier alpha value is -2.41. The molecule has 0 aliphatic heterocycles. The highest BCUT2D eigenvalue weighted by Crippen LogP contribution is 2.40. The second-order valence-electron chi connectivity index (χ2n) is 5.13. The van der Waals surface area contributed by atoms with E-state index in [0.717, 1.165) is 16.5 Å². The number of anilines is 1. The molecule has 0 atom stereocenters. The fourth-order valence-corrected chi connectivity index (χ4v) is 3.05. The molecule has 3 rings (SSSR count). The van der Waals surface area contributed by atoms with Crippen LogP contribution in [0.3, 0.4) is 0 Å². The van der Waals surface area contributed by atoms with Gasteiger partial charge in [-0.25, -0.2) is 0 Å². The Bertz CT molecular complexity index is 873. The molecule has 0 saturated carbocycles. The van der Waals surface area contributed by atoms with Gasteiger partial charge >= 0.3 is 5.51 Å². The first kappa shape index (κ1) is 16.4. The predicted molar refractivity (Wildman–Crippen MR) is 89.0 cm³/mol. The van der Waals surface area contributed by atoms with Crippen molar-refractivity contribution in [1.82, 2.24) is 4.98 Å². The van der Waals surface area contributed by atoms with Gasteiger partial charge in [0.25, 0.3) is 0 Å². The first-order chi connectivity index (χ1) is 11.4. The Morgan fingerprint density at radius 1 is 1.08 bits per heavy atom. The number of H-pyrrole nitrogens is 1.